The van der Waals surface area contributed by atoms with Gasteiger partial charge in [-0.1, -0.05) is 75.2 Å². The average Bonchev–Trinajstić information content (AvgIpc) is 3.86. The normalized spacial score (nSPS) is 12.0. The summed E-state index contributed by atoms with van der Waals surface area (Å²) in [5.74, 6) is 0.0217. The number of fused-ring (bicyclic) bond motifs is 6. The zero-order chi connectivity index (χ0) is 45.8. The summed E-state index contributed by atoms with van der Waals surface area (Å²) in [7, 11) is 96.3. The number of nitrogens with zero attached hydrogens (tertiary/aromatic N) is 3. The molecule has 3 aromatic heterocycles. The minimum atomic E-state index is 0.00668. The summed E-state index contributed by atoms with van der Waals surface area (Å²) in [5.41, 5.74) is 6.48. The van der Waals surface area contributed by atoms with Gasteiger partial charge < -0.3 is 8.98 Å². The van der Waals surface area contributed by atoms with Crippen molar-refractivity contribution in [2.75, 3.05) is 0 Å². The first-order valence-electron chi connectivity index (χ1n) is 20.0. The van der Waals surface area contributed by atoms with E-state index in [9.17, 15) is 0 Å². The van der Waals surface area contributed by atoms with E-state index in [4.69, 9.17) is 132 Å². The lowest BCUT2D eigenvalue weighted by molar-refractivity contribution is 0.667. The first-order valence-corrected chi connectivity index (χ1v) is 20.0. The molecule has 0 atom stereocenters. The lowest BCUT2D eigenvalue weighted by Crippen LogP contribution is -2.56. The average molecular weight is 785 g/mol. The van der Waals surface area contributed by atoms with E-state index in [1.54, 1.807) is 0 Å². The van der Waals surface area contributed by atoms with Gasteiger partial charge >= 0.3 is 0 Å². The van der Waals surface area contributed by atoms with Crippen LogP contribution in [0, 0.1) is 0 Å². The fourth-order valence-corrected chi connectivity index (χ4v) is 9.36. The van der Waals surface area contributed by atoms with E-state index in [-0.39, 0.29) is 110 Å². The maximum Gasteiger partial charge on any atom is 0.180 e. The number of hydrogen-bond acceptors (Lipinski definition) is 3. The molecule has 8 aromatic carbocycles. The fourth-order valence-electron chi connectivity index (χ4n) is 9.36. The van der Waals surface area contributed by atoms with E-state index >= 15 is 0 Å². The zero-order valence-electron chi connectivity index (χ0n) is 34.3. The van der Waals surface area contributed by atoms with Gasteiger partial charge in [-0.05, 0) is 68.6 Å². The number of aromatic nitrogens is 3. The van der Waals surface area contributed by atoms with Gasteiger partial charge in [-0.2, -0.15) is 0 Å². The van der Waals surface area contributed by atoms with E-state index in [1.165, 1.54) is 0 Å². The van der Waals surface area contributed by atoms with Crippen LogP contribution in [0.15, 0.2) is 77.2 Å². The Kier molecular flexibility index (Phi) is 9.40. The molecule has 0 fully saturated rings. The molecule has 0 saturated heterocycles. The summed E-state index contributed by atoms with van der Waals surface area (Å²) in [5, 5.41) is 6.70. The monoisotopic (exact) mass is 787 g/mol. The van der Waals surface area contributed by atoms with Gasteiger partial charge in [0.15, 0.2) is 11.4 Å². The third kappa shape index (κ3) is 5.66. The van der Waals surface area contributed by atoms with Gasteiger partial charge in [0.1, 0.15) is 134 Å². The van der Waals surface area contributed by atoms with Gasteiger partial charge in [0.25, 0.3) is 0 Å². The highest BCUT2D eigenvalue weighted by atomic mass is 16.3. The van der Waals surface area contributed by atoms with Crippen LogP contribution in [0.4, 0.5) is 0 Å². The van der Waals surface area contributed by atoms with Crippen LogP contribution in [0.1, 0.15) is 0 Å². The molecule has 11 rings (SSSR count). The summed E-state index contributed by atoms with van der Waals surface area (Å²) in [6.45, 7) is 0. The molecule has 0 unspecified atom stereocenters. The van der Waals surface area contributed by atoms with Crippen molar-refractivity contribution in [2.45, 2.75) is 0 Å². The summed E-state index contributed by atoms with van der Waals surface area (Å²) in [6, 6.07) is 24.3. The largest absolute Gasteiger partial charge is 0.452 e. The first kappa shape index (κ1) is 41.9. The molecule has 65 heavy (non-hydrogen) atoms. The minimum absolute atomic E-state index is 0.00668. The highest BCUT2D eigenvalue weighted by molar-refractivity contribution is 6.71. The van der Waals surface area contributed by atoms with Crippen molar-refractivity contribution in [3.05, 3.63) is 72.8 Å². The second kappa shape index (κ2) is 14.6. The molecule has 19 heteroatoms. The Morgan fingerprint density at radius 3 is 1.37 bits per heavy atom. The van der Waals surface area contributed by atoms with Crippen molar-refractivity contribution in [3.63, 3.8) is 0 Å². The Balaban J connectivity index is 1.17. The van der Waals surface area contributed by atoms with Crippen molar-refractivity contribution in [1.29, 1.82) is 0 Å². The molecule has 0 aliphatic carbocycles. The van der Waals surface area contributed by atoms with Gasteiger partial charge in [0.2, 0.25) is 0 Å². The molecule has 11 aromatic rings. The summed E-state index contributed by atoms with van der Waals surface area (Å²) in [4.78, 5) is 9.85. The molecule has 0 aliphatic rings. The zero-order valence-corrected chi connectivity index (χ0v) is 34.3. The summed E-state index contributed by atoms with van der Waals surface area (Å²) >= 11 is 0. The SMILES string of the molecule is [B]c1c([B])c([B])c(-c2nc(-c3c([B])c([B])c([B])c([B])c3[B])c3oc4ccc(-c5ccc6c(c5)c5cccc7c5c5c6cccc5n7-c5c([B])c([B])c([B])c([B])c5[B])cc4c3n2)c([B])c1[B]. The van der Waals surface area contributed by atoms with Crippen LogP contribution in [0.25, 0.3) is 105 Å². The van der Waals surface area contributed by atoms with Crippen LogP contribution in [-0.2, 0) is 0 Å². The van der Waals surface area contributed by atoms with Crippen molar-refractivity contribution in [2.24, 2.45) is 0 Å². The van der Waals surface area contributed by atoms with Gasteiger partial charge in [0.05, 0.1) is 11.0 Å². The Morgan fingerprint density at radius 1 is 0.385 bits per heavy atom. The Morgan fingerprint density at radius 2 is 0.831 bits per heavy atom. The standard InChI is InChI=1S/C46H12B15N3O/c47-27-25(28(48)32(52)35(55)31(27)51)43-45-42(62-46(63-43)26-29(49)33(53)36(56)34(54)30(26)50)19-12-14(8-10-22(19)65-45)13-7-9-15-16-3-1-5-20-23(16)24-17(18(15)11-13)4-2-6-21(24)64(20)44-40(60)38(58)37(57)39(59)41(44)61/h1-12H. The van der Waals surface area contributed by atoms with Crippen LogP contribution >= 0.6 is 0 Å². The van der Waals surface area contributed by atoms with Crippen LogP contribution in [0.5, 0.6) is 0 Å². The second-order valence-electron chi connectivity index (χ2n) is 16.2. The topological polar surface area (TPSA) is 43.9 Å². The Hall–Kier alpha value is -5.81. The summed E-state index contributed by atoms with van der Waals surface area (Å²) in [6.07, 6.45) is 0. The third-order valence-corrected chi connectivity index (χ3v) is 12.8. The second-order valence-corrected chi connectivity index (χ2v) is 16.2. The molecule has 3 heterocycles. The molecule has 30 radical (unpaired) electrons. The molecule has 262 valence electrons. The Bertz CT molecular complexity index is 3890. The van der Waals surface area contributed by atoms with Crippen molar-refractivity contribution >= 4 is 265 Å². The van der Waals surface area contributed by atoms with Gasteiger partial charge in [0, 0.05) is 27.4 Å². The number of rotatable bonds is 4. The lowest BCUT2D eigenvalue weighted by atomic mass is 9.60. The first-order chi connectivity index (χ1) is 31.0. The molecule has 0 aliphatic heterocycles. The highest BCUT2D eigenvalue weighted by Crippen LogP contribution is 2.44. The maximum atomic E-state index is 6.66. The van der Waals surface area contributed by atoms with Crippen LogP contribution in [0.3, 0.4) is 0 Å². The molecule has 0 bridgehead atoms. The van der Waals surface area contributed by atoms with E-state index < -0.39 is 0 Å². The predicted molar refractivity (Wildman–Crippen MR) is 287 cm³/mol. The third-order valence-electron chi connectivity index (χ3n) is 12.8. The van der Waals surface area contributed by atoms with Crippen LogP contribution in [0.2, 0.25) is 0 Å². The molecule has 0 spiro atoms. The number of furan rings is 1. The van der Waals surface area contributed by atoms with Crippen molar-refractivity contribution < 1.29 is 4.42 Å². The van der Waals surface area contributed by atoms with E-state index in [2.05, 4.69) is 30.3 Å². The molecule has 0 saturated carbocycles. The fraction of sp³-hybridized carbons (Fsp3) is 0. The van der Waals surface area contributed by atoms with Gasteiger partial charge in [-0.25, -0.2) is 9.97 Å². The van der Waals surface area contributed by atoms with Crippen molar-refractivity contribution in [3.8, 4) is 39.5 Å². The van der Waals surface area contributed by atoms with Gasteiger partial charge in [-0.3, -0.25) is 0 Å². The molecular formula is C46H12B15N3O. The molecular weight excluding hydrogens is 773 g/mol. The van der Waals surface area contributed by atoms with E-state index in [0.717, 1.165) is 54.5 Å². The summed E-state index contributed by atoms with van der Waals surface area (Å²) < 4.78 is 8.53. The minimum Gasteiger partial charge on any atom is -0.452 e. The smallest absolute Gasteiger partial charge is 0.180 e. The van der Waals surface area contributed by atoms with E-state index in [1.807, 2.05) is 47.0 Å². The van der Waals surface area contributed by atoms with E-state index in [0.29, 0.717) is 22.2 Å². The Labute approximate surface area is 394 Å². The quantitative estimate of drug-likeness (QED) is 0.132. The van der Waals surface area contributed by atoms with Crippen LogP contribution < -0.4 is 81.9 Å². The van der Waals surface area contributed by atoms with Gasteiger partial charge in [-0.15, -0.1) is 49.2 Å². The van der Waals surface area contributed by atoms with Crippen molar-refractivity contribution in [1.82, 2.24) is 14.5 Å². The highest BCUT2D eigenvalue weighted by Gasteiger charge is 2.26. The lowest BCUT2D eigenvalue weighted by Gasteiger charge is -2.23. The maximum absolute atomic E-state index is 6.66. The number of benzene rings is 8. The molecule has 4 nitrogen and oxygen atoms in total. The predicted octanol–water partition coefficient (Wildman–Crippen LogP) is -5.87. The molecule has 0 amide bonds. The molecule has 0 N–H and O–H groups in total. The van der Waals surface area contributed by atoms with Crippen LogP contribution in [-0.4, -0.2) is 132 Å². The number of hydrogen-bond donors (Lipinski definition) is 0.